The van der Waals surface area contributed by atoms with E-state index in [1.165, 1.54) is 14.7 Å². The Morgan fingerprint density at radius 2 is 1.50 bits per heavy atom. The molecular formula is C16H17IO. The number of hydrogen-bond donors (Lipinski definition) is 0. The van der Waals surface area contributed by atoms with Crippen molar-refractivity contribution in [2.24, 2.45) is 0 Å². The van der Waals surface area contributed by atoms with Crippen LogP contribution in [0.3, 0.4) is 0 Å². The number of benzene rings is 2. The standard InChI is InChI=1S/C16H17IO/c1-16(2,3)18-13-10-8-12(9-11-13)14-6-4-5-7-15(14)17/h4-11H,1-3H3. The Labute approximate surface area is 122 Å². The van der Waals surface area contributed by atoms with Crippen LogP contribution in [0.1, 0.15) is 20.8 Å². The molecule has 0 amide bonds. The highest BCUT2D eigenvalue weighted by Gasteiger charge is 2.11. The molecule has 0 radical (unpaired) electrons. The summed E-state index contributed by atoms with van der Waals surface area (Å²) in [6.07, 6.45) is 0. The predicted octanol–water partition coefficient (Wildman–Crippen LogP) is 5.14. The minimum absolute atomic E-state index is 0.150. The molecule has 0 unspecified atom stereocenters. The summed E-state index contributed by atoms with van der Waals surface area (Å²) >= 11 is 2.36. The van der Waals surface area contributed by atoms with Crippen molar-refractivity contribution in [2.75, 3.05) is 0 Å². The summed E-state index contributed by atoms with van der Waals surface area (Å²) in [7, 11) is 0. The van der Waals surface area contributed by atoms with Gasteiger partial charge in [-0.2, -0.15) is 0 Å². The van der Waals surface area contributed by atoms with Gasteiger partial charge in [-0.25, -0.2) is 0 Å². The molecule has 0 aromatic heterocycles. The summed E-state index contributed by atoms with van der Waals surface area (Å²) in [4.78, 5) is 0. The van der Waals surface area contributed by atoms with Crippen molar-refractivity contribution >= 4 is 22.6 Å². The second-order valence-electron chi connectivity index (χ2n) is 5.22. The fourth-order valence-electron chi connectivity index (χ4n) is 1.75. The van der Waals surface area contributed by atoms with Gasteiger partial charge in [0.25, 0.3) is 0 Å². The number of halogens is 1. The summed E-state index contributed by atoms with van der Waals surface area (Å²) in [6.45, 7) is 6.17. The van der Waals surface area contributed by atoms with Crippen LogP contribution in [0.5, 0.6) is 5.75 Å². The zero-order valence-electron chi connectivity index (χ0n) is 10.9. The van der Waals surface area contributed by atoms with Crippen molar-refractivity contribution < 1.29 is 4.74 Å². The van der Waals surface area contributed by atoms with E-state index in [4.69, 9.17) is 4.74 Å². The Hall–Kier alpha value is -1.03. The predicted molar refractivity (Wildman–Crippen MR) is 85.0 cm³/mol. The molecule has 0 heterocycles. The monoisotopic (exact) mass is 352 g/mol. The van der Waals surface area contributed by atoms with Gasteiger partial charge >= 0.3 is 0 Å². The van der Waals surface area contributed by atoms with Gasteiger partial charge in [-0.3, -0.25) is 0 Å². The average Bonchev–Trinajstić information content (AvgIpc) is 2.29. The van der Waals surface area contributed by atoms with Crippen molar-refractivity contribution in [3.63, 3.8) is 0 Å². The lowest BCUT2D eigenvalue weighted by Gasteiger charge is -2.21. The van der Waals surface area contributed by atoms with Crippen LogP contribution < -0.4 is 4.74 Å². The number of rotatable bonds is 2. The van der Waals surface area contributed by atoms with E-state index in [1.54, 1.807) is 0 Å². The summed E-state index contributed by atoms with van der Waals surface area (Å²) in [5.74, 6) is 0.914. The molecule has 0 aliphatic rings. The van der Waals surface area contributed by atoms with Crippen molar-refractivity contribution in [1.29, 1.82) is 0 Å². The second-order valence-corrected chi connectivity index (χ2v) is 6.38. The zero-order chi connectivity index (χ0) is 13.2. The third-order valence-corrected chi connectivity index (χ3v) is 3.40. The molecule has 0 bridgehead atoms. The summed E-state index contributed by atoms with van der Waals surface area (Å²) < 4.78 is 7.08. The van der Waals surface area contributed by atoms with E-state index in [2.05, 4.69) is 79.8 Å². The molecule has 2 rings (SSSR count). The van der Waals surface area contributed by atoms with Gasteiger partial charge in [0.15, 0.2) is 0 Å². The first-order valence-electron chi connectivity index (χ1n) is 6.00. The van der Waals surface area contributed by atoms with Crippen LogP contribution >= 0.6 is 22.6 Å². The first kappa shape index (κ1) is 13.4. The number of hydrogen-bond acceptors (Lipinski definition) is 1. The van der Waals surface area contributed by atoms with Gasteiger partial charge in [0.1, 0.15) is 11.4 Å². The Morgan fingerprint density at radius 1 is 0.889 bits per heavy atom. The number of ether oxygens (including phenoxy) is 1. The van der Waals surface area contributed by atoms with Gasteiger partial charge in [0, 0.05) is 3.57 Å². The molecule has 1 nitrogen and oxygen atoms in total. The molecule has 0 aliphatic heterocycles. The van der Waals surface area contributed by atoms with E-state index < -0.39 is 0 Å². The van der Waals surface area contributed by atoms with Gasteiger partial charge in [-0.15, -0.1) is 0 Å². The summed E-state index contributed by atoms with van der Waals surface area (Å²) in [5, 5.41) is 0. The third-order valence-electron chi connectivity index (χ3n) is 2.46. The van der Waals surface area contributed by atoms with Crippen molar-refractivity contribution in [1.82, 2.24) is 0 Å². The highest BCUT2D eigenvalue weighted by atomic mass is 127. The van der Waals surface area contributed by atoms with E-state index >= 15 is 0 Å². The van der Waals surface area contributed by atoms with E-state index in [9.17, 15) is 0 Å². The topological polar surface area (TPSA) is 9.23 Å². The van der Waals surface area contributed by atoms with Gasteiger partial charge < -0.3 is 4.74 Å². The van der Waals surface area contributed by atoms with Crippen LogP contribution in [0.4, 0.5) is 0 Å². The van der Waals surface area contributed by atoms with Gasteiger partial charge in [-0.1, -0.05) is 30.3 Å². The molecule has 2 aromatic rings. The third kappa shape index (κ3) is 3.48. The molecule has 0 spiro atoms. The lowest BCUT2D eigenvalue weighted by Crippen LogP contribution is -2.22. The SMILES string of the molecule is CC(C)(C)Oc1ccc(-c2ccccc2I)cc1. The first-order valence-corrected chi connectivity index (χ1v) is 7.07. The minimum atomic E-state index is -0.150. The molecule has 0 aliphatic carbocycles. The molecule has 0 saturated carbocycles. The minimum Gasteiger partial charge on any atom is -0.488 e. The molecule has 2 aromatic carbocycles. The highest BCUT2D eigenvalue weighted by Crippen LogP contribution is 2.27. The van der Waals surface area contributed by atoms with Crippen LogP contribution in [0.25, 0.3) is 11.1 Å². The summed E-state index contributed by atoms with van der Waals surface area (Å²) in [6, 6.07) is 16.7. The van der Waals surface area contributed by atoms with E-state index in [-0.39, 0.29) is 5.60 Å². The van der Waals surface area contributed by atoms with Gasteiger partial charge in [0.05, 0.1) is 0 Å². The van der Waals surface area contributed by atoms with Crippen molar-refractivity contribution in [3.8, 4) is 16.9 Å². The Balaban J connectivity index is 2.26. The Kier molecular flexibility index (Phi) is 3.95. The maximum absolute atomic E-state index is 5.82. The average molecular weight is 352 g/mol. The highest BCUT2D eigenvalue weighted by molar-refractivity contribution is 14.1. The van der Waals surface area contributed by atoms with E-state index in [1.807, 2.05) is 12.1 Å². The first-order chi connectivity index (χ1) is 8.46. The fourth-order valence-corrected chi connectivity index (χ4v) is 2.45. The molecule has 0 saturated heterocycles. The fraction of sp³-hybridized carbons (Fsp3) is 0.250. The van der Waals surface area contributed by atoms with Gasteiger partial charge in [0.2, 0.25) is 0 Å². The van der Waals surface area contributed by atoms with E-state index in [0.29, 0.717) is 0 Å². The lowest BCUT2D eigenvalue weighted by atomic mass is 10.1. The Bertz CT molecular complexity index is 524. The van der Waals surface area contributed by atoms with Crippen LogP contribution in [0.2, 0.25) is 0 Å². The van der Waals surface area contributed by atoms with Gasteiger partial charge in [-0.05, 0) is 72.7 Å². The molecule has 0 N–H and O–H groups in total. The Morgan fingerprint density at radius 3 is 2.06 bits per heavy atom. The summed E-state index contributed by atoms with van der Waals surface area (Å²) in [5.41, 5.74) is 2.34. The normalized spacial score (nSPS) is 11.3. The van der Waals surface area contributed by atoms with Crippen molar-refractivity contribution in [2.45, 2.75) is 26.4 Å². The van der Waals surface area contributed by atoms with Crippen LogP contribution in [-0.2, 0) is 0 Å². The van der Waals surface area contributed by atoms with Crippen LogP contribution in [0, 0.1) is 3.57 Å². The van der Waals surface area contributed by atoms with E-state index in [0.717, 1.165) is 5.75 Å². The maximum atomic E-state index is 5.82. The molecule has 0 atom stereocenters. The second kappa shape index (κ2) is 5.31. The zero-order valence-corrected chi connectivity index (χ0v) is 13.1. The van der Waals surface area contributed by atoms with Crippen LogP contribution in [-0.4, -0.2) is 5.60 Å². The molecule has 18 heavy (non-hydrogen) atoms. The van der Waals surface area contributed by atoms with Crippen molar-refractivity contribution in [3.05, 3.63) is 52.1 Å². The lowest BCUT2D eigenvalue weighted by molar-refractivity contribution is 0.131. The van der Waals surface area contributed by atoms with Crippen LogP contribution in [0.15, 0.2) is 48.5 Å². The largest absolute Gasteiger partial charge is 0.488 e. The smallest absolute Gasteiger partial charge is 0.120 e. The maximum Gasteiger partial charge on any atom is 0.120 e. The molecule has 2 heteroatoms. The molecular weight excluding hydrogens is 335 g/mol. The molecule has 0 fully saturated rings. The molecule has 94 valence electrons. The quantitative estimate of drug-likeness (QED) is 0.681.